The van der Waals surface area contributed by atoms with Crippen LogP contribution in [0.15, 0.2) is 0 Å². The number of likely N-dealkylation sites (tertiary alicyclic amines) is 1. The maximum Gasteiger partial charge on any atom is 0.471 e. The molecule has 0 unspecified atom stereocenters. The van der Waals surface area contributed by atoms with E-state index >= 15 is 0 Å². The van der Waals surface area contributed by atoms with Crippen LogP contribution in [0.2, 0.25) is 0 Å². The maximum atomic E-state index is 12.4. The fourth-order valence-electron chi connectivity index (χ4n) is 3.30. The molecule has 2 atom stereocenters. The number of hydrogen-bond donors (Lipinski definition) is 1. The highest BCUT2D eigenvalue weighted by Crippen LogP contribution is 2.40. The van der Waals surface area contributed by atoms with Gasteiger partial charge in [0.2, 0.25) is 0 Å². The quantitative estimate of drug-likeness (QED) is 0.840. The summed E-state index contributed by atoms with van der Waals surface area (Å²) in [5.74, 6) is -4.10. The van der Waals surface area contributed by atoms with E-state index in [0.717, 1.165) is 25.7 Å². The minimum Gasteiger partial charge on any atom is -0.481 e. The first-order chi connectivity index (χ1) is 8.80. The molecule has 19 heavy (non-hydrogen) atoms. The van der Waals surface area contributed by atoms with Crippen LogP contribution in [0.1, 0.15) is 25.7 Å². The van der Waals surface area contributed by atoms with Crippen molar-refractivity contribution in [2.75, 3.05) is 13.1 Å². The summed E-state index contributed by atoms with van der Waals surface area (Å²) in [6.07, 6.45) is -1.25. The Balaban J connectivity index is 2.11. The van der Waals surface area contributed by atoms with Crippen molar-refractivity contribution < 1.29 is 27.9 Å². The Hall–Kier alpha value is -1.27. The molecule has 1 saturated carbocycles. The van der Waals surface area contributed by atoms with E-state index in [1.807, 2.05) is 0 Å². The van der Waals surface area contributed by atoms with Crippen LogP contribution in [0.3, 0.4) is 0 Å². The predicted molar refractivity (Wildman–Crippen MR) is 59.2 cm³/mol. The summed E-state index contributed by atoms with van der Waals surface area (Å²) in [6, 6.07) is 0. The molecule has 1 saturated heterocycles. The number of amides is 1. The average Bonchev–Trinajstić information content (AvgIpc) is 2.95. The van der Waals surface area contributed by atoms with E-state index in [0.29, 0.717) is 4.90 Å². The van der Waals surface area contributed by atoms with Gasteiger partial charge in [0.15, 0.2) is 0 Å². The van der Waals surface area contributed by atoms with Crippen LogP contribution in [0.4, 0.5) is 13.2 Å². The van der Waals surface area contributed by atoms with Crippen molar-refractivity contribution in [3.8, 4) is 0 Å². The standard InChI is InChI=1S/C12H16F3NO3/c13-12(14,15)11(19)16-5-8(7-3-1-2-4-7)9(6-16)10(17)18/h7-9H,1-6H2,(H,17,18)/t8-,9+/m0/s1. The van der Waals surface area contributed by atoms with Gasteiger partial charge in [0.1, 0.15) is 0 Å². The first kappa shape index (κ1) is 14.1. The lowest BCUT2D eigenvalue weighted by Crippen LogP contribution is -2.40. The second kappa shape index (κ2) is 5.02. The van der Waals surface area contributed by atoms with Crippen LogP contribution in [0, 0.1) is 17.8 Å². The van der Waals surface area contributed by atoms with Crippen molar-refractivity contribution in [2.24, 2.45) is 17.8 Å². The van der Waals surface area contributed by atoms with Gasteiger partial charge in [-0.3, -0.25) is 9.59 Å². The molecular formula is C12H16F3NO3. The number of aliphatic carboxylic acids is 1. The zero-order chi connectivity index (χ0) is 14.2. The summed E-state index contributed by atoms with van der Waals surface area (Å²) in [5.41, 5.74) is 0. The fraction of sp³-hybridized carbons (Fsp3) is 0.833. The largest absolute Gasteiger partial charge is 0.481 e. The molecular weight excluding hydrogens is 263 g/mol. The van der Waals surface area contributed by atoms with Gasteiger partial charge >= 0.3 is 18.1 Å². The van der Waals surface area contributed by atoms with Gasteiger partial charge < -0.3 is 10.0 Å². The number of hydrogen-bond acceptors (Lipinski definition) is 2. The second-order valence-corrected chi connectivity index (χ2v) is 5.36. The van der Waals surface area contributed by atoms with Crippen LogP contribution in [-0.2, 0) is 9.59 Å². The Morgan fingerprint density at radius 3 is 2.16 bits per heavy atom. The number of carbonyl (C=O) groups excluding carboxylic acids is 1. The smallest absolute Gasteiger partial charge is 0.471 e. The minimum atomic E-state index is -4.92. The fourth-order valence-corrected chi connectivity index (χ4v) is 3.30. The van der Waals surface area contributed by atoms with E-state index in [1.54, 1.807) is 0 Å². The number of rotatable bonds is 2. The summed E-state index contributed by atoms with van der Waals surface area (Å²) >= 11 is 0. The predicted octanol–water partition coefficient (Wildman–Crippen LogP) is 1.90. The highest BCUT2D eigenvalue weighted by atomic mass is 19.4. The normalized spacial score (nSPS) is 28.9. The van der Waals surface area contributed by atoms with Gasteiger partial charge in [-0.05, 0) is 11.8 Å². The first-order valence-corrected chi connectivity index (χ1v) is 6.39. The number of carboxylic acids is 1. The molecule has 0 aromatic heterocycles. The molecule has 0 spiro atoms. The topological polar surface area (TPSA) is 57.6 Å². The average molecular weight is 279 g/mol. The van der Waals surface area contributed by atoms with E-state index in [4.69, 9.17) is 5.11 Å². The Bertz CT molecular complexity index is 377. The second-order valence-electron chi connectivity index (χ2n) is 5.36. The van der Waals surface area contributed by atoms with Gasteiger partial charge in [-0.15, -0.1) is 0 Å². The van der Waals surface area contributed by atoms with Crippen molar-refractivity contribution in [3.05, 3.63) is 0 Å². The summed E-state index contributed by atoms with van der Waals surface area (Å²) in [7, 11) is 0. The molecule has 0 aromatic carbocycles. The van der Waals surface area contributed by atoms with Crippen LogP contribution >= 0.6 is 0 Å². The summed E-state index contributed by atoms with van der Waals surface area (Å²) in [5, 5.41) is 9.13. The molecule has 1 aliphatic heterocycles. The molecule has 2 fully saturated rings. The molecule has 1 N–H and O–H groups in total. The van der Waals surface area contributed by atoms with Crippen LogP contribution in [0.25, 0.3) is 0 Å². The van der Waals surface area contributed by atoms with E-state index in [1.165, 1.54) is 0 Å². The van der Waals surface area contributed by atoms with Crippen molar-refractivity contribution in [1.82, 2.24) is 4.90 Å². The van der Waals surface area contributed by atoms with Gasteiger partial charge in [-0.2, -0.15) is 13.2 Å². The van der Waals surface area contributed by atoms with Crippen molar-refractivity contribution in [2.45, 2.75) is 31.9 Å². The van der Waals surface area contributed by atoms with E-state index in [9.17, 15) is 22.8 Å². The zero-order valence-electron chi connectivity index (χ0n) is 10.3. The Labute approximate surface area is 108 Å². The third-order valence-corrected chi connectivity index (χ3v) is 4.22. The minimum absolute atomic E-state index is 0.0834. The van der Waals surface area contributed by atoms with Crippen LogP contribution in [0.5, 0.6) is 0 Å². The van der Waals surface area contributed by atoms with E-state index in [-0.39, 0.29) is 24.9 Å². The lowest BCUT2D eigenvalue weighted by atomic mass is 9.83. The lowest BCUT2D eigenvalue weighted by Gasteiger charge is -2.21. The summed E-state index contributed by atoms with van der Waals surface area (Å²) < 4.78 is 37.2. The Morgan fingerprint density at radius 1 is 1.11 bits per heavy atom. The van der Waals surface area contributed by atoms with Crippen molar-refractivity contribution in [1.29, 1.82) is 0 Å². The number of carbonyl (C=O) groups is 2. The number of carboxylic acid groups (broad SMARTS) is 1. The van der Waals surface area contributed by atoms with Crippen molar-refractivity contribution in [3.63, 3.8) is 0 Å². The van der Waals surface area contributed by atoms with Gasteiger partial charge in [-0.1, -0.05) is 25.7 Å². The number of halogens is 3. The maximum absolute atomic E-state index is 12.4. The highest BCUT2D eigenvalue weighted by Gasteiger charge is 2.50. The number of alkyl halides is 3. The van der Waals surface area contributed by atoms with Crippen LogP contribution in [-0.4, -0.2) is 41.1 Å². The first-order valence-electron chi connectivity index (χ1n) is 6.39. The SMILES string of the molecule is O=C(O)[C@@H]1CN(C(=O)C(F)(F)F)C[C@H]1C1CCCC1. The van der Waals surface area contributed by atoms with E-state index < -0.39 is 24.0 Å². The molecule has 1 aliphatic carbocycles. The Morgan fingerprint density at radius 2 is 1.68 bits per heavy atom. The van der Waals surface area contributed by atoms with Gasteiger partial charge in [0, 0.05) is 13.1 Å². The molecule has 0 bridgehead atoms. The van der Waals surface area contributed by atoms with Gasteiger partial charge in [-0.25, -0.2) is 0 Å². The molecule has 1 amide bonds. The third-order valence-electron chi connectivity index (χ3n) is 4.22. The monoisotopic (exact) mass is 279 g/mol. The number of nitrogens with zero attached hydrogens (tertiary/aromatic N) is 1. The Kier molecular flexibility index (Phi) is 3.73. The van der Waals surface area contributed by atoms with Crippen LogP contribution < -0.4 is 0 Å². The molecule has 4 nitrogen and oxygen atoms in total. The molecule has 0 radical (unpaired) electrons. The van der Waals surface area contributed by atoms with Gasteiger partial charge in [0.05, 0.1) is 5.92 Å². The van der Waals surface area contributed by atoms with Gasteiger partial charge in [0.25, 0.3) is 0 Å². The molecule has 2 rings (SSSR count). The molecule has 0 aromatic rings. The molecule has 7 heteroatoms. The molecule has 2 aliphatic rings. The zero-order valence-corrected chi connectivity index (χ0v) is 10.3. The molecule has 1 heterocycles. The van der Waals surface area contributed by atoms with Crippen molar-refractivity contribution >= 4 is 11.9 Å². The lowest BCUT2D eigenvalue weighted by molar-refractivity contribution is -0.184. The van der Waals surface area contributed by atoms with E-state index in [2.05, 4.69) is 0 Å². The summed E-state index contributed by atoms with van der Waals surface area (Å²) in [6.45, 7) is -0.408. The summed E-state index contributed by atoms with van der Waals surface area (Å²) in [4.78, 5) is 23.0. The highest BCUT2D eigenvalue weighted by molar-refractivity contribution is 5.83. The molecule has 108 valence electrons. The third kappa shape index (κ3) is 2.84.